The highest BCUT2D eigenvalue weighted by Crippen LogP contribution is 2.33. The molecule has 3 rings (SSSR count). The van der Waals surface area contributed by atoms with Crippen LogP contribution in [-0.4, -0.2) is 12.6 Å². The van der Waals surface area contributed by atoms with E-state index in [1.54, 1.807) is 36.4 Å². The van der Waals surface area contributed by atoms with Crippen molar-refractivity contribution in [2.24, 2.45) is 0 Å². The molecule has 0 saturated carbocycles. The molecule has 1 aliphatic rings. The number of nitrogen functional groups attached to an aromatic ring is 1. The minimum absolute atomic E-state index is 0.137. The Kier molecular flexibility index (Phi) is 2.80. The van der Waals surface area contributed by atoms with Crippen LogP contribution < -0.4 is 15.2 Å². The smallest absolute Gasteiger partial charge is 0.231 e. The molecular formula is C14H10ClNO3. The van der Waals surface area contributed by atoms with Gasteiger partial charge in [-0.15, -0.1) is 0 Å². The fraction of sp³-hybridized carbons (Fsp3) is 0.0714. The predicted molar refractivity (Wildman–Crippen MR) is 71.9 cm³/mol. The van der Waals surface area contributed by atoms with Crippen LogP contribution in [-0.2, 0) is 0 Å². The van der Waals surface area contributed by atoms with Crippen LogP contribution in [0.15, 0.2) is 36.4 Å². The maximum atomic E-state index is 12.3. The van der Waals surface area contributed by atoms with Crippen LogP contribution >= 0.6 is 11.6 Å². The number of fused-ring (bicyclic) bond motifs is 1. The second-order valence-electron chi connectivity index (χ2n) is 4.13. The Morgan fingerprint density at radius 2 is 1.74 bits per heavy atom. The van der Waals surface area contributed by atoms with Gasteiger partial charge < -0.3 is 15.2 Å². The number of carbonyl (C=O) groups excluding carboxylic acids is 1. The zero-order valence-corrected chi connectivity index (χ0v) is 10.6. The van der Waals surface area contributed by atoms with Crippen molar-refractivity contribution in [1.82, 2.24) is 0 Å². The van der Waals surface area contributed by atoms with Gasteiger partial charge in [0.2, 0.25) is 6.79 Å². The Morgan fingerprint density at radius 3 is 2.53 bits per heavy atom. The summed E-state index contributed by atoms with van der Waals surface area (Å²) in [4.78, 5) is 12.3. The lowest BCUT2D eigenvalue weighted by molar-refractivity contribution is 0.103. The summed E-state index contributed by atoms with van der Waals surface area (Å²) in [6.07, 6.45) is 0. The summed E-state index contributed by atoms with van der Waals surface area (Å²) in [6, 6.07) is 9.89. The summed E-state index contributed by atoms with van der Waals surface area (Å²) < 4.78 is 10.5. The highest BCUT2D eigenvalue weighted by Gasteiger charge is 2.17. The van der Waals surface area contributed by atoms with Gasteiger partial charge in [0.25, 0.3) is 0 Å². The Balaban J connectivity index is 1.97. The molecule has 5 heteroatoms. The lowest BCUT2D eigenvalue weighted by Gasteiger charge is -2.04. The molecule has 2 N–H and O–H groups in total. The van der Waals surface area contributed by atoms with E-state index in [-0.39, 0.29) is 12.6 Å². The van der Waals surface area contributed by atoms with Gasteiger partial charge in [-0.05, 0) is 36.4 Å². The predicted octanol–water partition coefficient (Wildman–Crippen LogP) is 2.88. The van der Waals surface area contributed by atoms with E-state index in [4.69, 9.17) is 26.8 Å². The van der Waals surface area contributed by atoms with Crippen molar-refractivity contribution < 1.29 is 14.3 Å². The molecule has 2 aromatic rings. The number of ketones is 1. The third-order valence-corrected chi connectivity index (χ3v) is 3.24. The SMILES string of the molecule is Nc1cc(C(=O)c2ccc3c(c2)OCO3)ccc1Cl. The summed E-state index contributed by atoms with van der Waals surface area (Å²) in [5, 5.41) is 0.433. The van der Waals surface area contributed by atoms with Crippen molar-refractivity contribution in [2.75, 3.05) is 12.5 Å². The zero-order chi connectivity index (χ0) is 13.4. The van der Waals surface area contributed by atoms with Gasteiger partial charge in [0.1, 0.15) is 0 Å². The summed E-state index contributed by atoms with van der Waals surface area (Å²) >= 11 is 5.84. The second kappa shape index (κ2) is 4.48. The van der Waals surface area contributed by atoms with Crippen LogP contribution in [0.4, 0.5) is 5.69 Å². The van der Waals surface area contributed by atoms with Crippen LogP contribution in [0.5, 0.6) is 11.5 Å². The fourth-order valence-electron chi connectivity index (χ4n) is 1.89. The van der Waals surface area contributed by atoms with Gasteiger partial charge in [-0.2, -0.15) is 0 Å². The second-order valence-corrected chi connectivity index (χ2v) is 4.54. The molecule has 2 aromatic carbocycles. The molecule has 0 saturated heterocycles. The Bertz CT molecular complexity index is 670. The van der Waals surface area contributed by atoms with Crippen LogP contribution in [0.2, 0.25) is 5.02 Å². The molecule has 0 radical (unpaired) electrons. The van der Waals surface area contributed by atoms with Gasteiger partial charge in [-0.1, -0.05) is 11.6 Å². The number of rotatable bonds is 2. The average Bonchev–Trinajstić information content (AvgIpc) is 2.88. The van der Waals surface area contributed by atoms with E-state index in [1.807, 2.05) is 0 Å². The molecule has 1 heterocycles. The third kappa shape index (κ3) is 2.11. The van der Waals surface area contributed by atoms with E-state index >= 15 is 0 Å². The molecule has 0 amide bonds. The first-order valence-electron chi connectivity index (χ1n) is 5.64. The van der Waals surface area contributed by atoms with E-state index in [0.717, 1.165) is 0 Å². The first-order chi connectivity index (χ1) is 9.15. The maximum absolute atomic E-state index is 12.3. The lowest BCUT2D eigenvalue weighted by atomic mass is 10.0. The number of nitrogens with two attached hydrogens (primary N) is 1. The molecule has 19 heavy (non-hydrogen) atoms. The number of hydrogen-bond acceptors (Lipinski definition) is 4. The van der Waals surface area contributed by atoms with E-state index in [0.29, 0.717) is 33.3 Å². The van der Waals surface area contributed by atoms with E-state index in [2.05, 4.69) is 0 Å². The van der Waals surface area contributed by atoms with Crippen molar-refractivity contribution >= 4 is 23.1 Å². The summed E-state index contributed by atoms with van der Waals surface area (Å²) in [5.74, 6) is 1.08. The van der Waals surface area contributed by atoms with Crippen molar-refractivity contribution in [3.8, 4) is 11.5 Å². The highest BCUT2D eigenvalue weighted by molar-refractivity contribution is 6.33. The van der Waals surface area contributed by atoms with Crippen LogP contribution in [0.25, 0.3) is 0 Å². The number of carbonyl (C=O) groups is 1. The average molecular weight is 276 g/mol. The van der Waals surface area contributed by atoms with Crippen molar-refractivity contribution in [3.05, 3.63) is 52.5 Å². The van der Waals surface area contributed by atoms with Crippen molar-refractivity contribution in [3.63, 3.8) is 0 Å². The summed E-state index contributed by atoms with van der Waals surface area (Å²) in [7, 11) is 0. The fourth-order valence-corrected chi connectivity index (χ4v) is 2.01. The largest absolute Gasteiger partial charge is 0.454 e. The summed E-state index contributed by atoms with van der Waals surface area (Å²) in [6.45, 7) is 0.181. The van der Waals surface area contributed by atoms with Gasteiger partial charge in [0.05, 0.1) is 10.7 Å². The highest BCUT2D eigenvalue weighted by atomic mass is 35.5. The first-order valence-corrected chi connectivity index (χ1v) is 6.02. The molecular weight excluding hydrogens is 266 g/mol. The molecule has 0 atom stereocenters. The minimum Gasteiger partial charge on any atom is -0.454 e. The van der Waals surface area contributed by atoms with Crippen LogP contribution in [0.3, 0.4) is 0 Å². The monoisotopic (exact) mass is 275 g/mol. The number of halogens is 1. The Morgan fingerprint density at radius 1 is 1.05 bits per heavy atom. The number of ether oxygens (including phenoxy) is 2. The Hall–Kier alpha value is -2.20. The first kappa shape index (κ1) is 11.9. The van der Waals surface area contributed by atoms with Gasteiger partial charge in [0.15, 0.2) is 17.3 Å². The van der Waals surface area contributed by atoms with Gasteiger partial charge in [-0.3, -0.25) is 4.79 Å². The molecule has 0 bridgehead atoms. The maximum Gasteiger partial charge on any atom is 0.231 e. The summed E-state index contributed by atoms with van der Waals surface area (Å²) in [5.41, 5.74) is 7.09. The quantitative estimate of drug-likeness (QED) is 0.676. The normalized spacial score (nSPS) is 12.5. The third-order valence-electron chi connectivity index (χ3n) is 2.89. The van der Waals surface area contributed by atoms with Crippen LogP contribution in [0.1, 0.15) is 15.9 Å². The number of hydrogen-bond donors (Lipinski definition) is 1. The molecule has 0 unspecified atom stereocenters. The van der Waals surface area contributed by atoms with E-state index < -0.39 is 0 Å². The molecule has 0 spiro atoms. The van der Waals surface area contributed by atoms with Gasteiger partial charge >= 0.3 is 0 Å². The van der Waals surface area contributed by atoms with Crippen LogP contribution in [0, 0.1) is 0 Å². The molecule has 0 aromatic heterocycles. The molecule has 1 aliphatic heterocycles. The van der Waals surface area contributed by atoms with E-state index in [9.17, 15) is 4.79 Å². The van der Waals surface area contributed by atoms with Crippen molar-refractivity contribution in [2.45, 2.75) is 0 Å². The molecule has 0 aliphatic carbocycles. The molecule has 4 nitrogen and oxygen atoms in total. The molecule has 0 fully saturated rings. The van der Waals surface area contributed by atoms with Gasteiger partial charge in [-0.25, -0.2) is 0 Å². The van der Waals surface area contributed by atoms with Gasteiger partial charge in [0, 0.05) is 11.1 Å². The lowest BCUT2D eigenvalue weighted by Crippen LogP contribution is -2.02. The molecule has 96 valence electrons. The van der Waals surface area contributed by atoms with E-state index in [1.165, 1.54) is 0 Å². The standard InChI is InChI=1S/C14H10ClNO3/c15-10-3-1-8(5-11(10)16)14(17)9-2-4-12-13(6-9)19-7-18-12/h1-6H,7,16H2. The van der Waals surface area contributed by atoms with Crippen molar-refractivity contribution in [1.29, 1.82) is 0 Å². The zero-order valence-electron chi connectivity index (χ0n) is 9.85. The number of benzene rings is 2. The number of anilines is 1. The minimum atomic E-state index is -0.137. The Labute approximate surface area is 114 Å². The topological polar surface area (TPSA) is 61.6 Å².